The fourth-order valence-corrected chi connectivity index (χ4v) is 3.81. The average molecular weight is 394 g/mol. The first kappa shape index (κ1) is 18.2. The molecule has 0 spiro atoms. The molecule has 9 heteroatoms. The number of hydrogen-bond donors (Lipinski definition) is 1. The summed E-state index contributed by atoms with van der Waals surface area (Å²) < 4.78 is 31.9. The molecule has 134 valence electrons. The van der Waals surface area contributed by atoms with Gasteiger partial charge in [0.05, 0.1) is 35.4 Å². The van der Waals surface area contributed by atoms with Crippen LogP contribution < -0.4 is 5.32 Å². The molecule has 1 aromatic carbocycles. The Hall–Kier alpha value is -2.65. The van der Waals surface area contributed by atoms with Gasteiger partial charge in [-0.3, -0.25) is 4.79 Å². The minimum absolute atomic E-state index is 0.0771. The van der Waals surface area contributed by atoms with Gasteiger partial charge in [-0.15, -0.1) is 22.7 Å². The zero-order valence-corrected chi connectivity index (χ0v) is 15.0. The third-order valence-corrected chi connectivity index (χ3v) is 5.29. The average Bonchev–Trinajstić information content (AvgIpc) is 3.28. The van der Waals surface area contributed by atoms with Gasteiger partial charge in [-0.2, -0.15) is 0 Å². The van der Waals surface area contributed by atoms with E-state index in [1.54, 1.807) is 5.38 Å². The second-order valence-electron chi connectivity index (χ2n) is 5.15. The number of nitrogens with one attached hydrogen (secondary N) is 1. The van der Waals surface area contributed by atoms with Crippen LogP contribution in [0.4, 0.5) is 14.5 Å². The highest BCUT2D eigenvalue weighted by molar-refractivity contribution is 7.20. The lowest BCUT2D eigenvalue weighted by Gasteiger charge is -2.08. The Kier molecular flexibility index (Phi) is 5.38. The molecule has 2 aromatic heterocycles. The zero-order valence-electron chi connectivity index (χ0n) is 13.4. The maximum Gasteiger partial charge on any atom is 0.340 e. The van der Waals surface area contributed by atoms with E-state index in [1.165, 1.54) is 22.7 Å². The molecule has 0 bridgehead atoms. The molecular weight excluding hydrogens is 382 g/mol. The van der Waals surface area contributed by atoms with E-state index in [-0.39, 0.29) is 12.1 Å². The highest BCUT2D eigenvalue weighted by Gasteiger charge is 2.18. The van der Waals surface area contributed by atoms with Crippen molar-refractivity contribution in [2.24, 2.45) is 0 Å². The van der Waals surface area contributed by atoms with Crippen LogP contribution in [0.1, 0.15) is 16.1 Å². The van der Waals surface area contributed by atoms with E-state index < -0.39 is 29.1 Å². The van der Waals surface area contributed by atoms with Crippen molar-refractivity contribution in [3.05, 3.63) is 57.9 Å². The molecule has 5 nitrogen and oxygen atoms in total. The highest BCUT2D eigenvalue weighted by atomic mass is 32.1. The maximum absolute atomic E-state index is 13.9. The van der Waals surface area contributed by atoms with Crippen LogP contribution in [0.3, 0.4) is 0 Å². The predicted molar refractivity (Wildman–Crippen MR) is 95.5 cm³/mol. The number of thiophene rings is 1. The normalized spacial score (nSPS) is 10.6. The number of thiazole rings is 1. The first-order valence-corrected chi connectivity index (χ1v) is 9.09. The third kappa shape index (κ3) is 3.94. The van der Waals surface area contributed by atoms with Gasteiger partial charge in [0, 0.05) is 11.4 Å². The van der Waals surface area contributed by atoms with E-state index in [4.69, 9.17) is 0 Å². The van der Waals surface area contributed by atoms with E-state index in [1.807, 2.05) is 17.5 Å². The van der Waals surface area contributed by atoms with Gasteiger partial charge >= 0.3 is 5.97 Å². The van der Waals surface area contributed by atoms with E-state index in [9.17, 15) is 18.4 Å². The summed E-state index contributed by atoms with van der Waals surface area (Å²) in [6.07, 6.45) is -0.0771. The Morgan fingerprint density at radius 3 is 2.73 bits per heavy atom. The molecular formula is C17H12F2N2O3S2. The van der Waals surface area contributed by atoms with Crippen LogP contribution in [0.15, 0.2) is 35.0 Å². The smallest absolute Gasteiger partial charge is 0.340 e. The summed E-state index contributed by atoms with van der Waals surface area (Å²) in [5, 5.41) is 6.80. The lowest BCUT2D eigenvalue weighted by atomic mass is 10.1. The van der Waals surface area contributed by atoms with Crippen LogP contribution in [0.2, 0.25) is 0 Å². The number of ether oxygens (including phenoxy) is 1. The van der Waals surface area contributed by atoms with Gasteiger partial charge in [-0.25, -0.2) is 18.6 Å². The number of benzene rings is 1. The minimum Gasteiger partial charge on any atom is -0.465 e. The van der Waals surface area contributed by atoms with Gasteiger partial charge in [0.1, 0.15) is 16.6 Å². The molecule has 26 heavy (non-hydrogen) atoms. The molecule has 2 heterocycles. The lowest BCUT2D eigenvalue weighted by Crippen LogP contribution is -2.17. The number of esters is 1. The Morgan fingerprint density at radius 1 is 1.23 bits per heavy atom. The molecule has 0 unspecified atom stereocenters. The van der Waals surface area contributed by atoms with Crippen LogP contribution in [-0.2, 0) is 16.0 Å². The van der Waals surface area contributed by atoms with Crippen LogP contribution in [0.25, 0.3) is 9.88 Å². The number of nitrogens with zero attached hydrogens (tertiary/aromatic N) is 1. The number of aromatic nitrogens is 1. The Labute approximate surface area is 155 Å². The topological polar surface area (TPSA) is 68.3 Å². The van der Waals surface area contributed by atoms with Gasteiger partial charge in [-0.1, -0.05) is 6.07 Å². The predicted octanol–water partition coefficient (Wildman–Crippen LogP) is 4.12. The van der Waals surface area contributed by atoms with Crippen LogP contribution in [0, 0.1) is 11.6 Å². The van der Waals surface area contributed by atoms with Crippen LogP contribution >= 0.6 is 22.7 Å². The molecule has 0 fully saturated rings. The number of halogens is 2. The number of amides is 1. The largest absolute Gasteiger partial charge is 0.465 e. The number of carbonyl (C=O) groups excluding carboxylic acids is 2. The summed E-state index contributed by atoms with van der Waals surface area (Å²) in [6, 6.07) is 5.27. The fraction of sp³-hybridized carbons (Fsp3) is 0.118. The van der Waals surface area contributed by atoms with Crippen molar-refractivity contribution >= 4 is 40.2 Å². The molecule has 0 aliphatic rings. The molecule has 0 saturated heterocycles. The van der Waals surface area contributed by atoms with Crippen LogP contribution in [0.5, 0.6) is 0 Å². The van der Waals surface area contributed by atoms with Crippen molar-refractivity contribution in [1.29, 1.82) is 0 Å². The van der Waals surface area contributed by atoms with Crippen molar-refractivity contribution in [1.82, 2.24) is 4.98 Å². The SMILES string of the molecule is COC(=O)c1cc(NC(=O)Cc2csc(-c3cccs3)n2)c(F)cc1F. The fourth-order valence-electron chi connectivity index (χ4n) is 2.17. The van der Waals surface area contributed by atoms with Gasteiger partial charge in [0.25, 0.3) is 0 Å². The van der Waals surface area contributed by atoms with Crippen molar-refractivity contribution in [2.45, 2.75) is 6.42 Å². The number of rotatable bonds is 5. The minimum atomic E-state index is -1.06. The molecule has 0 radical (unpaired) electrons. The van der Waals surface area contributed by atoms with E-state index >= 15 is 0 Å². The molecule has 1 N–H and O–H groups in total. The Morgan fingerprint density at radius 2 is 2.04 bits per heavy atom. The summed E-state index contributed by atoms with van der Waals surface area (Å²) >= 11 is 2.94. The quantitative estimate of drug-likeness (QED) is 0.661. The summed E-state index contributed by atoms with van der Waals surface area (Å²) in [5.41, 5.74) is -0.227. The van der Waals surface area contributed by atoms with Crippen LogP contribution in [-0.4, -0.2) is 24.0 Å². The molecule has 1 amide bonds. The lowest BCUT2D eigenvalue weighted by molar-refractivity contribution is -0.115. The third-order valence-electron chi connectivity index (χ3n) is 3.36. The van der Waals surface area contributed by atoms with Gasteiger partial charge < -0.3 is 10.1 Å². The van der Waals surface area contributed by atoms with Crippen molar-refractivity contribution in [2.75, 3.05) is 12.4 Å². The molecule has 3 aromatic rings. The highest BCUT2D eigenvalue weighted by Crippen LogP contribution is 2.28. The first-order chi connectivity index (χ1) is 12.5. The van der Waals surface area contributed by atoms with E-state index in [0.717, 1.165) is 23.1 Å². The summed E-state index contributed by atoms with van der Waals surface area (Å²) in [6.45, 7) is 0. The van der Waals surface area contributed by atoms with E-state index in [2.05, 4.69) is 15.0 Å². The monoisotopic (exact) mass is 394 g/mol. The Balaban J connectivity index is 1.73. The summed E-state index contributed by atoms with van der Waals surface area (Å²) in [7, 11) is 1.08. The number of methoxy groups -OCH3 is 1. The van der Waals surface area contributed by atoms with Crippen molar-refractivity contribution in [3.63, 3.8) is 0 Å². The zero-order chi connectivity index (χ0) is 18.7. The van der Waals surface area contributed by atoms with E-state index in [0.29, 0.717) is 11.8 Å². The second kappa shape index (κ2) is 7.71. The summed E-state index contributed by atoms with van der Waals surface area (Å²) in [5.74, 6) is -3.54. The number of hydrogen-bond acceptors (Lipinski definition) is 6. The standard InChI is InChI=1S/C17H12F2N2O3S2/c1-24-17(23)10-6-13(12(19)7-11(10)18)21-15(22)5-9-8-26-16(20-9)14-3-2-4-25-14/h2-4,6-8H,5H2,1H3,(H,21,22). The molecule has 0 aliphatic heterocycles. The molecule has 0 saturated carbocycles. The number of carbonyl (C=O) groups is 2. The van der Waals surface area contributed by atoms with Gasteiger partial charge in [0.2, 0.25) is 5.91 Å². The number of anilines is 1. The van der Waals surface area contributed by atoms with Gasteiger partial charge in [0.15, 0.2) is 0 Å². The second-order valence-corrected chi connectivity index (χ2v) is 6.96. The van der Waals surface area contributed by atoms with Crippen molar-refractivity contribution < 1.29 is 23.1 Å². The maximum atomic E-state index is 13.9. The first-order valence-electron chi connectivity index (χ1n) is 7.33. The summed E-state index contributed by atoms with van der Waals surface area (Å²) in [4.78, 5) is 29.0. The Bertz CT molecular complexity index is 955. The molecule has 0 atom stereocenters. The molecule has 3 rings (SSSR count). The van der Waals surface area contributed by atoms with Gasteiger partial charge in [-0.05, 0) is 17.5 Å². The molecule has 0 aliphatic carbocycles. The van der Waals surface area contributed by atoms with Crippen molar-refractivity contribution in [3.8, 4) is 9.88 Å².